The number of furan rings is 1. The molecular formula is C16H12O. The van der Waals surface area contributed by atoms with E-state index in [4.69, 9.17) is 4.42 Å². The Bertz CT molecular complexity index is 747. The first-order valence-electron chi connectivity index (χ1n) is 6.02. The molecule has 0 fully saturated rings. The van der Waals surface area contributed by atoms with Crippen molar-refractivity contribution in [1.29, 1.82) is 0 Å². The van der Waals surface area contributed by atoms with Gasteiger partial charge in [0.25, 0.3) is 0 Å². The van der Waals surface area contributed by atoms with Crippen LogP contribution in [0.15, 0.2) is 46.9 Å². The van der Waals surface area contributed by atoms with Gasteiger partial charge in [-0.2, -0.15) is 0 Å². The predicted octanol–water partition coefficient (Wildman–Crippen LogP) is 4.55. The highest BCUT2D eigenvalue weighted by Crippen LogP contribution is 2.33. The fraction of sp³-hybridized carbons (Fsp3) is 0.125. The molecule has 0 unspecified atom stereocenters. The average molecular weight is 220 g/mol. The normalized spacial score (nSPS) is 14.4. The van der Waals surface area contributed by atoms with Gasteiger partial charge >= 0.3 is 0 Å². The number of rotatable bonds is 0. The Morgan fingerprint density at radius 1 is 1.00 bits per heavy atom. The van der Waals surface area contributed by atoms with E-state index < -0.39 is 0 Å². The lowest BCUT2D eigenvalue weighted by Crippen LogP contribution is -1.88. The highest BCUT2D eigenvalue weighted by Gasteiger charge is 2.14. The highest BCUT2D eigenvalue weighted by molar-refractivity contribution is 6.00. The molecular weight excluding hydrogens is 208 g/mol. The van der Waals surface area contributed by atoms with Crippen LogP contribution in [0, 0.1) is 0 Å². The first-order valence-corrected chi connectivity index (χ1v) is 6.02. The molecule has 2 aromatic carbocycles. The quantitative estimate of drug-likeness (QED) is 0.542. The number of hydrogen-bond acceptors (Lipinski definition) is 1. The molecule has 0 bridgehead atoms. The van der Waals surface area contributed by atoms with Gasteiger partial charge in [-0.15, -0.1) is 0 Å². The van der Waals surface area contributed by atoms with E-state index in [9.17, 15) is 0 Å². The second-order valence-corrected chi connectivity index (χ2v) is 4.58. The minimum absolute atomic E-state index is 1.01. The molecule has 0 saturated heterocycles. The molecule has 0 saturated carbocycles. The Hall–Kier alpha value is -2.02. The maximum absolute atomic E-state index is 5.95. The topological polar surface area (TPSA) is 13.1 Å². The van der Waals surface area contributed by atoms with Crippen molar-refractivity contribution in [3.05, 3.63) is 53.8 Å². The summed E-state index contributed by atoms with van der Waals surface area (Å²) < 4.78 is 5.95. The van der Waals surface area contributed by atoms with Crippen molar-refractivity contribution in [3.63, 3.8) is 0 Å². The lowest BCUT2D eigenvalue weighted by atomic mass is 10.0. The zero-order chi connectivity index (χ0) is 11.2. The van der Waals surface area contributed by atoms with Crippen molar-refractivity contribution in [2.45, 2.75) is 12.8 Å². The molecule has 0 spiro atoms. The number of hydrogen-bond donors (Lipinski definition) is 0. The van der Waals surface area contributed by atoms with E-state index in [0.717, 1.165) is 24.2 Å². The molecule has 1 aliphatic carbocycles. The molecule has 1 heterocycles. The molecule has 82 valence electrons. The first-order chi connectivity index (χ1) is 8.42. The molecule has 0 amide bonds. The van der Waals surface area contributed by atoms with Gasteiger partial charge in [-0.05, 0) is 29.3 Å². The third-order valence-electron chi connectivity index (χ3n) is 3.49. The van der Waals surface area contributed by atoms with Gasteiger partial charge in [0.1, 0.15) is 11.3 Å². The van der Waals surface area contributed by atoms with Crippen LogP contribution in [-0.2, 0) is 6.42 Å². The van der Waals surface area contributed by atoms with E-state index in [-0.39, 0.29) is 0 Å². The molecule has 3 aromatic rings. The lowest BCUT2D eigenvalue weighted by molar-refractivity contribution is 0.546. The monoisotopic (exact) mass is 220 g/mol. The second kappa shape index (κ2) is 3.24. The van der Waals surface area contributed by atoms with Gasteiger partial charge in [0, 0.05) is 17.4 Å². The van der Waals surface area contributed by atoms with E-state index >= 15 is 0 Å². The van der Waals surface area contributed by atoms with Crippen LogP contribution in [0.3, 0.4) is 0 Å². The van der Waals surface area contributed by atoms with Gasteiger partial charge in [0.15, 0.2) is 0 Å². The zero-order valence-corrected chi connectivity index (χ0v) is 9.44. The number of fused-ring (bicyclic) bond motifs is 4. The van der Waals surface area contributed by atoms with E-state index in [1.807, 2.05) is 0 Å². The summed E-state index contributed by atoms with van der Waals surface area (Å²) >= 11 is 0. The number of allylic oxidation sites excluding steroid dienone is 1. The Kier molecular flexibility index (Phi) is 1.72. The summed E-state index contributed by atoms with van der Waals surface area (Å²) in [6.07, 6.45) is 6.54. The molecule has 1 aliphatic rings. The van der Waals surface area contributed by atoms with Crippen molar-refractivity contribution in [1.82, 2.24) is 0 Å². The molecule has 1 nitrogen and oxygen atoms in total. The summed E-state index contributed by atoms with van der Waals surface area (Å²) in [7, 11) is 0. The van der Waals surface area contributed by atoms with Crippen molar-refractivity contribution in [2.75, 3.05) is 0 Å². The second-order valence-electron chi connectivity index (χ2n) is 4.58. The summed E-state index contributed by atoms with van der Waals surface area (Å²) in [6.45, 7) is 0. The van der Waals surface area contributed by atoms with Crippen LogP contribution in [-0.4, -0.2) is 0 Å². The summed E-state index contributed by atoms with van der Waals surface area (Å²) in [4.78, 5) is 0. The molecule has 1 heteroatoms. The van der Waals surface area contributed by atoms with Crippen molar-refractivity contribution in [3.8, 4) is 0 Å². The number of benzene rings is 2. The third kappa shape index (κ3) is 1.26. The molecule has 1 aromatic heterocycles. The summed E-state index contributed by atoms with van der Waals surface area (Å²) in [5.74, 6) is 1.14. The fourth-order valence-corrected chi connectivity index (χ4v) is 2.64. The maximum atomic E-state index is 5.95. The first kappa shape index (κ1) is 9.06. The number of aryl methyl sites for hydroxylation is 1. The zero-order valence-electron chi connectivity index (χ0n) is 9.44. The Morgan fingerprint density at radius 2 is 1.82 bits per heavy atom. The Balaban J connectivity index is 2.16. The Morgan fingerprint density at radius 3 is 2.71 bits per heavy atom. The standard InChI is InChI=1S/C16H12O/c1-2-6-12-10-16-14(9-11(12)5-1)13-7-3-4-8-15(13)17-16/h1-3,5-7,9-10H,4,8H2. The maximum Gasteiger partial charge on any atom is 0.135 e. The summed E-state index contributed by atoms with van der Waals surface area (Å²) in [6, 6.07) is 12.8. The van der Waals surface area contributed by atoms with Crippen LogP contribution >= 0.6 is 0 Å². The largest absolute Gasteiger partial charge is 0.460 e. The van der Waals surface area contributed by atoms with Gasteiger partial charge in [0.05, 0.1) is 0 Å². The van der Waals surface area contributed by atoms with Crippen molar-refractivity contribution >= 4 is 27.8 Å². The van der Waals surface area contributed by atoms with Crippen LogP contribution < -0.4 is 0 Å². The van der Waals surface area contributed by atoms with Gasteiger partial charge in [-0.25, -0.2) is 0 Å². The van der Waals surface area contributed by atoms with Crippen LogP contribution in [0.1, 0.15) is 17.7 Å². The van der Waals surface area contributed by atoms with Crippen molar-refractivity contribution in [2.24, 2.45) is 0 Å². The molecule has 4 rings (SSSR count). The average Bonchev–Trinajstić information content (AvgIpc) is 2.73. The van der Waals surface area contributed by atoms with Crippen molar-refractivity contribution < 1.29 is 4.42 Å². The minimum atomic E-state index is 1.01. The van der Waals surface area contributed by atoms with Gasteiger partial charge < -0.3 is 4.42 Å². The van der Waals surface area contributed by atoms with E-state index in [1.54, 1.807) is 0 Å². The SMILES string of the molecule is C1=Cc2c(oc3cc4ccccc4cc23)CC1. The molecule has 0 radical (unpaired) electrons. The van der Waals surface area contributed by atoms with E-state index in [1.165, 1.54) is 21.7 Å². The van der Waals surface area contributed by atoms with Crippen LogP contribution in [0.25, 0.3) is 27.8 Å². The predicted molar refractivity (Wildman–Crippen MR) is 71.1 cm³/mol. The third-order valence-corrected chi connectivity index (χ3v) is 3.49. The highest BCUT2D eigenvalue weighted by atomic mass is 16.3. The van der Waals surface area contributed by atoms with E-state index in [2.05, 4.69) is 48.6 Å². The van der Waals surface area contributed by atoms with Gasteiger partial charge in [-0.1, -0.05) is 36.4 Å². The summed E-state index contributed by atoms with van der Waals surface area (Å²) in [5.41, 5.74) is 2.29. The van der Waals surface area contributed by atoms with Crippen LogP contribution in [0.5, 0.6) is 0 Å². The lowest BCUT2D eigenvalue weighted by Gasteiger charge is -2.01. The van der Waals surface area contributed by atoms with E-state index in [0.29, 0.717) is 0 Å². The van der Waals surface area contributed by atoms with Crippen LogP contribution in [0.4, 0.5) is 0 Å². The molecule has 0 aliphatic heterocycles. The smallest absolute Gasteiger partial charge is 0.135 e. The summed E-state index contributed by atoms with van der Waals surface area (Å²) in [5, 5.41) is 3.77. The van der Waals surface area contributed by atoms with Gasteiger partial charge in [-0.3, -0.25) is 0 Å². The minimum Gasteiger partial charge on any atom is -0.460 e. The molecule has 17 heavy (non-hydrogen) atoms. The Labute approximate surface area is 99.4 Å². The molecule has 0 atom stereocenters. The van der Waals surface area contributed by atoms with Gasteiger partial charge in [0.2, 0.25) is 0 Å². The van der Waals surface area contributed by atoms with Crippen LogP contribution in [0.2, 0.25) is 0 Å². The fourth-order valence-electron chi connectivity index (χ4n) is 2.64. The molecule has 0 N–H and O–H groups in total.